The van der Waals surface area contributed by atoms with Gasteiger partial charge in [0.15, 0.2) is 5.65 Å². The van der Waals surface area contributed by atoms with Crippen LogP contribution in [0.4, 0.5) is 5.82 Å². The van der Waals surface area contributed by atoms with E-state index in [1.54, 1.807) is 12.4 Å². The molecule has 2 aromatic heterocycles. The second kappa shape index (κ2) is 5.39. The predicted molar refractivity (Wildman–Crippen MR) is 67.2 cm³/mol. The number of aromatic nitrogens is 3. The average molecular weight is 246 g/mol. The van der Waals surface area contributed by atoms with Gasteiger partial charge < -0.3 is 9.64 Å². The van der Waals surface area contributed by atoms with Gasteiger partial charge in [-0.05, 0) is 19.1 Å². The highest BCUT2D eigenvalue weighted by Crippen LogP contribution is 2.14. The van der Waals surface area contributed by atoms with Crippen LogP contribution in [0.15, 0.2) is 24.5 Å². The molecule has 0 amide bonds. The summed E-state index contributed by atoms with van der Waals surface area (Å²) in [6.45, 7) is 2.78. The Morgan fingerprint density at radius 3 is 2.83 bits per heavy atom. The van der Waals surface area contributed by atoms with Crippen molar-refractivity contribution in [1.82, 2.24) is 15.0 Å². The van der Waals surface area contributed by atoms with E-state index < -0.39 is 0 Å². The maximum Gasteiger partial charge on any atom is 0.325 e. The van der Waals surface area contributed by atoms with E-state index in [4.69, 9.17) is 0 Å². The Morgan fingerprint density at radius 1 is 1.33 bits per heavy atom. The fraction of sp³-hybridized carbons (Fsp3) is 0.333. The van der Waals surface area contributed by atoms with Crippen molar-refractivity contribution in [2.75, 3.05) is 25.1 Å². The Kier molecular flexibility index (Phi) is 3.66. The maximum atomic E-state index is 11.3. The lowest BCUT2D eigenvalue weighted by molar-refractivity contribution is -0.138. The molecule has 6 nitrogen and oxygen atoms in total. The third-order valence-corrected chi connectivity index (χ3v) is 2.57. The molecule has 6 heteroatoms. The van der Waals surface area contributed by atoms with Crippen LogP contribution in [0.5, 0.6) is 0 Å². The molecular weight excluding hydrogens is 232 g/mol. The summed E-state index contributed by atoms with van der Waals surface area (Å²) in [7, 11) is 1.37. The van der Waals surface area contributed by atoms with Crippen LogP contribution < -0.4 is 4.90 Å². The number of carbonyl (C=O) groups is 1. The van der Waals surface area contributed by atoms with E-state index in [1.165, 1.54) is 7.11 Å². The molecule has 18 heavy (non-hydrogen) atoms. The Labute approximate surface area is 105 Å². The van der Waals surface area contributed by atoms with Gasteiger partial charge in [-0.3, -0.25) is 9.78 Å². The van der Waals surface area contributed by atoms with Crippen LogP contribution in [0.2, 0.25) is 0 Å². The Morgan fingerprint density at radius 2 is 2.11 bits per heavy atom. The largest absolute Gasteiger partial charge is 0.468 e. The lowest BCUT2D eigenvalue weighted by atomic mass is 10.3. The number of carbonyl (C=O) groups excluding carboxylic acids is 1. The predicted octanol–water partition coefficient (Wildman–Crippen LogP) is 1.02. The van der Waals surface area contributed by atoms with E-state index in [1.807, 2.05) is 24.0 Å². The molecule has 0 N–H and O–H groups in total. The molecule has 2 heterocycles. The number of ether oxygens (including phenoxy) is 1. The van der Waals surface area contributed by atoms with Crippen LogP contribution in [0.1, 0.15) is 6.92 Å². The molecule has 2 rings (SSSR count). The van der Waals surface area contributed by atoms with Crippen LogP contribution >= 0.6 is 0 Å². The number of hydrogen-bond donors (Lipinski definition) is 0. The minimum Gasteiger partial charge on any atom is -0.468 e. The number of fused-ring (bicyclic) bond motifs is 1. The summed E-state index contributed by atoms with van der Waals surface area (Å²) in [6, 6.07) is 3.66. The summed E-state index contributed by atoms with van der Waals surface area (Å²) in [4.78, 5) is 25.8. The van der Waals surface area contributed by atoms with Crippen LogP contribution in [-0.4, -0.2) is 41.1 Å². The molecule has 94 valence electrons. The Hall–Kier alpha value is -2.24. The summed E-state index contributed by atoms with van der Waals surface area (Å²) >= 11 is 0. The Balaban J connectivity index is 2.30. The molecule has 0 atom stereocenters. The van der Waals surface area contributed by atoms with Gasteiger partial charge in [0, 0.05) is 18.9 Å². The molecular formula is C12H14N4O2. The van der Waals surface area contributed by atoms with Gasteiger partial charge in [0.1, 0.15) is 17.9 Å². The first kappa shape index (κ1) is 12.2. The van der Waals surface area contributed by atoms with Crippen molar-refractivity contribution in [3.63, 3.8) is 0 Å². The van der Waals surface area contributed by atoms with Crippen molar-refractivity contribution >= 4 is 23.0 Å². The van der Waals surface area contributed by atoms with Gasteiger partial charge in [0.2, 0.25) is 0 Å². The van der Waals surface area contributed by atoms with Gasteiger partial charge in [0.05, 0.1) is 7.11 Å². The fourth-order valence-electron chi connectivity index (χ4n) is 1.60. The summed E-state index contributed by atoms with van der Waals surface area (Å²) in [6.07, 6.45) is 3.21. The Bertz CT molecular complexity index is 559. The first-order valence-corrected chi connectivity index (χ1v) is 5.64. The number of hydrogen-bond acceptors (Lipinski definition) is 6. The van der Waals surface area contributed by atoms with Crippen LogP contribution in [-0.2, 0) is 9.53 Å². The summed E-state index contributed by atoms with van der Waals surface area (Å²) in [5.74, 6) is 0.397. The van der Waals surface area contributed by atoms with Gasteiger partial charge in [-0.2, -0.15) is 0 Å². The number of rotatable bonds is 4. The van der Waals surface area contributed by atoms with Crippen molar-refractivity contribution in [3.05, 3.63) is 24.5 Å². The van der Waals surface area contributed by atoms with Crippen molar-refractivity contribution in [1.29, 1.82) is 0 Å². The fourth-order valence-corrected chi connectivity index (χ4v) is 1.60. The number of anilines is 1. The molecule has 0 bridgehead atoms. The standard InChI is InChI=1S/C12H14N4O2/c1-3-16(8-11(17)18-2)10-5-4-9-12(15-10)14-7-6-13-9/h4-7H,3,8H2,1-2H3. The van der Waals surface area contributed by atoms with Crippen LogP contribution in [0, 0.1) is 0 Å². The van der Waals surface area contributed by atoms with Gasteiger partial charge in [0.25, 0.3) is 0 Å². The molecule has 0 fully saturated rings. The van der Waals surface area contributed by atoms with E-state index >= 15 is 0 Å². The lowest BCUT2D eigenvalue weighted by Gasteiger charge is -2.20. The molecule has 0 radical (unpaired) electrons. The molecule has 0 saturated heterocycles. The minimum atomic E-state index is -0.294. The molecule has 0 saturated carbocycles. The number of pyridine rings is 1. The molecule has 0 aliphatic carbocycles. The summed E-state index contributed by atoms with van der Waals surface area (Å²) in [5, 5.41) is 0. The highest BCUT2D eigenvalue weighted by Gasteiger charge is 2.12. The van der Waals surface area contributed by atoms with E-state index in [-0.39, 0.29) is 12.5 Å². The van der Waals surface area contributed by atoms with E-state index in [9.17, 15) is 4.79 Å². The summed E-state index contributed by atoms with van der Waals surface area (Å²) in [5.41, 5.74) is 1.30. The van der Waals surface area contributed by atoms with E-state index in [0.717, 1.165) is 5.52 Å². The monoisotopic (exact) mass is 246 g/mol. The third kappa shape index (κ3) is 2.53. The highest BCUT2D eigenvalue weighted by molar-refractivity contribution is 5.77. The molecule has 0 spiro atoms. The van der Waals surface area contributed by atoms with Crippen molar-refractivity contribution in [2.24, 2.45) is 0 Å². The van der Waals surface area contributed by atoms with Crippen molar-refractivity contribution < 1.29 is 9.53 Å². The normalized spacial score (nSPS) is 10.3. The summed E-state index contributed by atoms with van der Waals surface area (Å²) < 4.78 is 4.66. The topological polar surface area (TPSA) is 68.2 Å². The zero-order valence-corrected chi connectivity index (χ0v) is 10.3. The van der Waals surface area contributed by atoms with E-state index in [2.05, 4.69) is 19.7 Å². The smallest absolute Gasteiger partial charge is 0.325 e. The minimum absolute atomic E-state index is 0.172. The molecule has 2 aromatic rings. The van der Waals surface area contributed by atoms with Gasteiger partial charge in [-0.15, -0.1) is 0 Å². The van der Waals surface area contributed by atoms with Crippen molar-refractivity contribution in [2.45, 2.75) is 6.92 Å². The third-order valence-electron chi connectivity index (χ3n) is 2.57. The first-order valence-electron chi connectivity index (χ1n) is 5.64. The second-order valence-corrected chi connectivity index (χ2v) is 3.66. The first-order chi connectivity index (χ1) is 8.74. The number of nitrogens with zero attached hydrogens (tertiary/aromatic N) is 4. The van der Waals surface area contributed by atoms with Gasteiger partial charge in [-0.1, -0.05) is 0 Å². The van der Waals surface area contributed by atoms with Crippen LogP contribution in [0.3, 0.4) is 0 Å². The second-order valence-electron chi connectivity index (χ2n) is 3.66. The number of likely N-dealkylation sites (N-methyl/N-ethyl adjacent to an activating group) is 1. The lowest BCUT2D eigenvalue weighted by Crippen LogP contribution is -2.30. The zero-order chi connectivity index (χ0) is 13.0. The molecule has 0 aromatic carbocycles. The average Bonchev–Trinajstić information content (AvgIpc) is 2.44. The van der Waals surface area contributed by atoms with E-state index in [0.29, 0.717) is 18.0 Å². The van der Waals surface area contributed by atoms with Gasteiger partial charge in [-0.25, -0.2) is 9.97 Å². The molecule has 0 unspecified atom stereocenters. The van der Waals surface area contributed by atoms with Crippen LogP contribution in [0.25, 0.3) is 11.2 Å². The van der Waals surface area contributed by atoms with Gasteiger partial charge >= 0.3 is 5.97 Å². The SMILES string of the molecule is CCN(CC(=O)OC)c1ccc2nccnc2n1. The van der Waals surface area contributed by atoms with Crippen molar-refractivity contribution in [3.8, 4) is 0 Å². The maximum absolute atomic E-state index is 11.3. The zero-order valence-electron chi connectivity index (χ0n) is 10.3. The number of methoxy groups -OCH3 is 1. The molecule has 0 aliphatic rings. The quantitative estimate of drug-likeness (QED) is 0.750. The number of esters is 1. The highest BCUT2D eigenvalue weighted by atomic mass is 16.5. The molecule has 0 aliphatic heterocycles.